The molecule has 0 spiro atoms. The van der Waals surface area contributed by atoms with Crippen molar-refractivity contribution in [2.24, 2.45) is 5.92 Å². The number of aromatic amines is 1. The molecule has 3 rings (SSSR count). The Morgan fingerprint density at radius 3 is 2.43 bits per heavy atom. The summed E-state index contributed by atoms with van der Waals surface area (Å²) in [7, 11) is 0. The van der Waals surface area contributed by atoms with Crippen molar-refractivity contribution >= 4 is 34.2 Å². The number of imidazole rings is 1. The number of carbonyl (C=O) groups is 2. The van der Waals surface area contributed by atoms with Crippen molar-refractivity contribution in [1.29, 1.82) is 0 Å². The summed E-state index contributed by atoms with van der Waals surface area (Å²) in [4.78, 5) is 32.1. The number of hydrogen-bond acceptors (Lipinski definition) is 3. The van der Waals surface area contributed by atoms with Gasteiger partial charge in [0.1, 0.15) is 5.82 Å². The van der Waals surface area contributed by atoms with Gasteiger partial charge in [0, 0.05) is 29.3 Å². The SMILES string of the molecule is CCCCc1nc2ccc(NC(=O)c3ccc(NC(=O)C(C)C)cc3)cc2[nH]1. The number of nitrogens with one attached hydrogen (secondary N) is 3. The Bertz CT molecular complexity index is 974. The Kier molecular flexibility index (Phi) is 6.09. The lowest BCUT2D eigenvalue weighted by Crippen LogP contribution is -2.18. The summed E-state index contributed by atoms with van der Waals surface area (Å²) in [6, 6.07) is 12.5. The minimum Gasteiger partial charge on any atom is -0.342 e. The lowest BCUT2D eigenvalue weighted by molar-refractivity contribution is -0.118. The largest absolute Gasteiger partial charge is 0.342 e. The van der Waals surface area contributed by atoms with Crippen LogP contribution in [0.15, 0.2) is 42.5 Å². The summed E-state index contributed by atoms with van der Waals surface area (Å²) in [5.41, 5.74) is 3.72. The van der Waals surface area contributed by atoms with E-state index in [1.54, 1.807) is 24.3 Å². The number of amides is 2. The van der Waals surface area contributed by atoms with Gasteiger partial charge in [0.2, 0.25) is 5.91 Å². The number of anilines is 2. The smallest absolute Gasteiger partial charge is 0.255 e. The molecule has 0 aliphatic heterocycles. The van der Waals surface area contributed by atoms with Crippen LogP contribution in [0.5, 0.6) is 0 Å². The van der Waals surface area contributed by atoms with Crippen LogP contribution in [0.4, 0.5) is 11.4 Å². The minimum absolute atomic E-state index is 0.0524. The molecule has 0 saturated carbocycles. The Balaban J connectivity index is 1.67. The van der Waals surface area contributed by atoms with Crippen molar-refractivity contribution in [2.45, 2.75) is 40.0 Å². The van der Waals surface area contributed by atoms with Crippen molar-refractivity contribution in [1.82, 2.24) is 9.97 Å². The molecule has 3 aromatic rings. The highest BCUT2D eigenvalue weighted by Crippen LogP contribution is 2.19. The first-order valence-electron chi connectivity index (χ1n) is 9.67. The van der Waals surface area contributed by atoms with Gasteiger partial charge in [-0.25, -0.2) is 4.98 Å². The molecule has 0 bridgehead atoms. The van der Waals surface area contributed by atoms with E-state index in [1.165, 1.54) is 0 Å². The minimum atomic E-state index is -0.202. The highest BCUT2D eigenvalue weighted by Gasteiger charge is 2.10. The molecule has 0 unspecified atom stereocenters. The number of aromatic nitrogens is 2. The molecule has 6 nitrogen and oxygen atoms in total. The van der Waals surface area contributed by atoms with Gasteiger partial charge in [-0.15, -0.1) is 0 Å². The van der Waals surface area contributed by atoms with Crippen LogP contribution in [-0.2, 0) is 11.2 Å². The van der Waals surface area contributed by atoms with Crippen LogP contribution >= 0.6 is 0 Å². The standard InChI is InChI=1S/C22H26N4O2/c1-4-5-6-20-25-18-12-11-17(13-19(18)26-20)24-22(28)15-7-9-16(10-8-15)23-21(27)14(2)3/h7-14H,4-6H2,1-3H3,(H,23,27)(H,24,28)(H,25,26). The second-order valence-electron chi connectivity index (χ2n) is 7.19. The number of benzene rings is 2. The molecule has 1 heterocycles. The second kappa shape index (κ2) is 8.69. The molecule has 146 valence electrons. The fourth-order valence-electron chi connectivity index (χ4n) is 2.80. The molecule has 3 N–H and O–H groups in total. The zero-order valence-electron chi connectivity index (χ0n) is 16.5. The van der Waals surface area contributed by atoms with Gasteiger partial charge in [-0.1, -0.05) is 27.2 Å². The zero-order chi connectivity index (χ0) is 20.1. The van der Waals surface area contributed by atoms with E-state index < -0.39 is 0 Å². The Morgan fingerprint density at radius 2 is 1.75 bits per heavy atom. The Hall–Kier alpha value is -3.15. The quantitative estimate of drug-likeness (QED) is 0.554. The normalized spacial score (nSPS) is 11.0. The van der Waals surface area contributed by atoms with Crippen LogP contribution in [0.2, 0.25) is 0 Å². The average molecular weight is 378 g/mol. The fourth-order valence-corrected chi connectivity index (χ4v) is 2.80. The summed E-state index contributed by atoms with van der Waals surface area (Å²) < 4.78 is 0. The van der Waals surface area contributed by atoms with Gasteiger partial charge in [-0.2, -0.15) is 0 Å². The summed E-state index contributed by atoms with van der Waals surface area (Å²) in [5, 5.41) is 5.72. The van der Waals surface area contributed by atoms with Gasteiger partial charge >= 0.3 is 0 Å². The lowest BCUT2D eigenvalue weighted by Gasteiger charge is -2.09. The van der Waals surface area contributed by atoms with E-state index >= 15 is 0 Å². The maximum absolute atomic E-state index is 12.5. The van der Waals surface area contributed by atoms with Gasteiger partial charge in [-0.05, 0) is 48.9 Å². The molecule has 0 saturated heterocycles. The van der Waals surface area contributed by atoms with Crippen molar-refractivity contribution in [3.05, 3.63) is 53.9 Å². The third-order valence-electron chi connectivity index (χ3n) is 4.49. The van der Waals surface area contributed by atoms with Gasteiger partial charge in [0.15, 0.2) is 0 Å². The summed E-state index contributed by atoms with van der Waals surface area (Å²) in [6.07, 6.45) is 3.14. The molecule has 0 radical (unpaired) electrons. The first-order chi connectivity index (χ1) is 13.5. The predicted octanol–water partition coefficient (Wildman–Crippen LogP) is 4.75. The van der Waals surface area contributed by atoms with E-state index in [1.807, 2.05) is 32.0 Å². The number of rotatable bonds is 7. The van der Waals surface area contributed by atoms with E-state index in [4.69, 9.17) is 0 Å². The maximum Gasteiger partial charge on any atom is 0.255 e. The van der Waals surface area contributed by atoms with Crippen LogP contribution in [0, 0.1) is 5.92 Å². The summed E-state index contributed by atoms with van der Waals surface area (Å²) in [5.74, 6) is 0.623. The number of H-pyrrole nitrogens is 1. The van der Waals surface area contributed by atoms with Crippen LogP contribution < -0.4 is 10.6 Å². The zero-order valence-corrected chi connectivity index (χ0v) is 16.5. The molecule has 6 heteroatoms. The molecular weight excluding hydrogens is 352 g/mol. The van der Waals surface area contributed by atoms with E-state index in [2.05, 4.69) is 27.5 Å². The molecule has 0 aliphatic carbocycles. The number of fused-ring (bicyclic) bond motifs is 1. The van der Waals surface area contributed by atoms with Crippen LogP contribution in [0.3, 0.4) is 0 Å². The molecule has 1 aromatic heterocycles. The average Bonchev–Trinajstić information content (AvgIpc) is 3.08. The number of carbonyl (C=O) groups excluding carboxylic acids is 2. The first-order valence-corrected chi connectivity index (χ1v) is 9.67. The van der Waals surface area contributed by atoms with Gasteiger partial charge in [0.25, 0.3) is 5.91 Å². The predicted molar refractivity (Wildman–Crippen MR) is 113 cm³/mol. The Labute approximate surface area is 164 Å². The van der Waals surface area contributed by atoms with Gasteiger partial charge in [0.05, 0.1) is 11.0 Å². The van der Waals surface area contributed by atoms with Crippen LogP contribution in [-0.4, -0.2) is 21.8 Å². The fraction of sp³-hybridized carbons (Fsp3) is 0.318. The molecule has 0 aliphatic rings. The number of unbranched alkanes of at least 4 members (excludes halogenated alkanes) is 1. The third-order valence-corrected chi connectivity index (χ3v) is 4.49. The second-order valence-corrected chi connectivity index (χ2v) is 7.19. The molecule has 2 amide bonds. The number of aryl methyl sites for hydroxylation is 1. The molecular formula is C22H26N4O2. The van der Waals surface area contributed by atoms with E-state index in [0.717, 1.165) is 36.1 Å². The molecule has 28 heavy (non-hydrogen) atoms. The van der Waals surface area contributed by atoms with E-state index in [-0.39, 0.29) is 17.7 Å². The van der Waals surface area contributed by atoms with Crippen molar-refractivity contribution < 1.29 is 9.59 Å². The highest BCUT2D eigenvalue weighted by atomic mass is 16.2. The molecule has 0 atom stereocenters. The van der Waals surface area contributed by atoms with E-state index in [0.29, 0.717) is 16.9 Å². The van der Waals surface area contributed by atoms with Gasteiger partial charge < -0.3 is 15.6 Å². The van der Waals surface area contributed by atoms with Crippen LogP contribution in [0.1, 0.15) is 49.8 Å². The van der Waals surface area contributed by atoms with E-state index in [9.17, 15) is 9.59 Å². The first kappa shape index (κ1) is 19.6. The number of hydrogen-bond donors (Lipinski definition) is 3. The molecule has 2 aromatic carbocycles. The van der Waals surface area contributed by atoms with Crippen molar-refractivity contribution in [2.75, 3.05) is 10.6 Å². The van der Waals surface area contributed by atoms with Crippen molar-refractivity contribution in [3.8, 4) is 0 Å². The monoisotopic (exact) mass is 378 g/mol. The van der Waals surface area contributed by atoms with Crippen LogP contribution in [0.25, 0.3) is 11.0 Å². The maximum atomic E-state index is 12.5. The highest BCUT2D eigenvalue weighted by molar-refractivity contribution is 6.05. The van der Waals surface area contributed by atoms with Gasteiger partial charge in [-0.3, -0.25) is 9.59 Å². The van der Waals surface area contributed by atoms with Crippen molar-refractivity contribution in [3.63, 3.8) is 0 Å². The summed E-state index contributed by atoms with van der Waals surface area (Å²) in [6.45, 7) is 5.82. The topological polar surface area (TPSA) is 86.9 Å². The molecule has 0 fully saturated rings. The Morgan fingerprint density at radius 1 is 1.04 bits per heavy atom. The lowest BCUT2D eigenvalue weighted by atomic mass is 10.1. The number of nitrogens with zero attached hydrogens (tertiary/aromatic N) is 1. The third kappa shape index (κ3) is 4.76. The summed E-state index contributed by atoms with van der Waals surface area (Å²) >= 11 is 0.